The summed E-state index contributed by atoms with van der Waals surface area (Å²) in [6.07, 6.45) is 2.36. The van der Waals surface area contributed by atoms with Crippen LogP contribution in [0.25, 0.3) is 0 Å². The van der Waals surface area contributed by atoms with Gasteiger partial charge in [0.25, 0.3) is 0 Å². The van der Waals surface area contributed by atoms with Gasteiger partial charge in [0.2, 0.25) is 4.77 Å². The summed E-state index contributed by atoms with van der Waals surface area (Å²) in [4.78, 5) is 0. The van der Waals surface area contributed by atoms with E-state index in [1.54, 1.807) is 17.0 Å². The first-order valence-electron chi connectivity index (χ1n) is 9.06. The molecule has 0 aliphatic rings. The Bertz CT molecular complexity index is 1060. The zero-order valence-corrected chi connectivity index (χ0v) is 18.3. The van der Waals surface area contributed by atoms with E-state index in [0.717, 1.165) is 17.0 Å². The second-order valence-electron chi connectivity index (χ2n) is 6.03. The van der Waals surface area contributed by atoms with E-state index in [-0.39, 0.29) is 0 Å². The minimum atomic E-state index is 0.342. The third kappa shape index (κ3) is 5.38. The number of hydrogen-bond acceptors (Lipinski definition) is 5. The van der Waals surface area contributed by atoms with Crippen molar-refractivity contribution in [2.24, 2.45) is 5.10 Å². The summed E-state index contributed by atoms with van der Waals surface area (Å²) in [7, 11) is 0. The van der Waals surface area contributed by atoms with Crippen molar-refractivity contribution < 1.29 is 9.47 Å². The minimum Gasteiger partial charge on any atom is -0.490 e. The van der Waals surface area contributed by atoms with Crippen LogP contribution in [-0.4, -0.2) is 27.7 Å². The number of halogens is 2. The van der Waals surface area contributed by atoms with Crippen LogP contribution < -0.4 is 9.47 Å². The van der Waals surface area contributed by atoms with Gasteiger partial charge < -0.3 is 9.47 Å². The van der Waals surface area contributed by atoms with E-state index in [1.807, 2.05) is 44.2 Å². The fraction of sp³-hybridized carbons (Fsp3) is 0.250. The third-order valence-corrected chi connectivity index (χ3v) is 4.78. The molecule has 0 radical (unpaired) electrons. The number of rotatable bonds is 8. The molecule has 0 aliphatic heterocycles. The predicted octanol–water partition coefficient (Wildman–Crippen LogP) is 5.67. The number of hydrogen-bond donors (Lipinski definition) is 1. The second-order valence-corrected chi connectivity index (χ2v) is 7.26. The molecule has 0 saturated carbocycles. The molecule has 0 aliphatic carbocycles. The van der Waals surface area contributed by atoms with Gasteiger partial charge in [-0.3, -0.25) is 5.10 Å². The lowest BCUT2D eigenvalue weighted by Crippen LogP contribution is -2.02. The standard InChI is InChI=1S/C20H20Cl2N4O2S/c1-3-18-24-25-20(29)26(18)23-11-14-9-16(22)19(17(10-14)27-4-2)28-12-13-5-7-15(21)8-6-13/h5-11H,3-4,12H2,1-2H3,(H,25,29)/b23-11-. The van der Waals surface area contributed by atoms with Crippen molar-refractivity contribution in [3.63, 3.8) is 0 Å². The molecule has 6 nitrogen and oxygen atoms in total. The highest BCUT2D eigenvalue weighted by Crippen LogP contribution is 2.37. The highest BCUT2D eigenvalue weighted by Gasteiger charge is 2.13. The van der Waals surface area contributed by atoms with E-state index < -0.39 is 0 Å². The molecular weight excluding hydrogens is 431 g/mol. The van der Waals surface area contributed by atoms with Crippen LogP contribution in [0.3, 0.4) is 0 Å². The molecule has 29 heavy (non-hydrogen) atoms. The highest BCUT2D eigenvalue weighted by molar-refractivity contribution is 7.71. The van der Waals surface area contributed by atoms with Crippen molar-refractivity contribution in [2.45, 2.75) is 26.9 Å². The van der Waals surface area contributed by atoms with Crippen LogP contribution in [0.15, 0.2) is 41.5 Å². The summed E-state index contributed by atoms with van der Waals surface area (Å²) in [5.41, 5.74) is 1.72. The Morgan fingerprint density at radius 2 is 1.93 bits per heavy atom. The Labute approximate surface area is 184 Å². The summed E-state index contributed by atoms with van der Waals surface area (Å²) < 4.78 is 13.7. The molecule has 0 amide bonds. The molecule has 0 unspecified atom stereocenters. The summed E-state index contributed by atoms with van der Waals surface area (Å²) in [6.45, 7) is 4.69. The first-order valence-corrected chi connectivity index (χ1v) is 10.2. The maximum absolute atomic E-state index is 6.48. The maximum atomic E-state index is 6.48. The van der Waals surface area contributed by atoms with Crippen molar-refractivity contribution in [1.82, 2.24) is 14.9 Å². The van der Waals surface area contributed by atoms with Gasteiger partial charge in [-0.05, 0) is 54.5 Å². The van der Waals surface area contributed by atoms with Crippen molar-refractivity contribution in [1.29, 1.82) is 0 Å². The first-order chi connectivity index (χ1) is 14.0. The Kier molecular flexibility index (Phi) is 7.30. The van der Waals surface area contributed by atoms with Gasteiger partial charge in [-0.2, -0.15) is 14.9 Å². The topological polar surface area (TPSA) is 64.4 Å². The van der Waals surface area contributed by atoms with Crippen LogP contribution in [0.2, 0.25) is 10.0 Å². The van der Waals surface area contributed by atoms with Crippen molar-refractivity contribution in [2.75, 3.05) is 6.61 Å². The number of H-pyrrole nitrogens is 1. The number of nitrogens with zero attached hydrogens (tertiary/aromatic N) is 3. The lowest BCUT2D eigenvalue weighted by Gasteiger charge is -2.14. The SMILES string of the molecule is CCOc1cc(/C=N\n2c(CC)n[nH]c2=S)cc(Cl)c1OCc1ccc(Cl)cc1. The molecule has 1 aromatic heterocycles. The molecule has 9 heteroatoms. The molecule has 0 bridgehead atoms. The van der Waals surface area contributed by atoms with Crippen LogP contribution in [0.1, 0.15) is 30.8 Å². The summed E-state index contributed by atoms with van der Waals surface area (Å²) in [5.74, 6) is 1.77. The van der Waals surface area contributed by atoms with Crippen molar-refractivity contribution in [3.8, 4) is 11.5 Å². The third-order valence-electron chi connectivity index (χ3n) is 3.98. The molecule has 0 atom stereocenters. The van der Waals surface area contributed by atoms with E-state index in [1.165, 1.54) is 0 Å². The molecule has 0 fully saturated rings. The number of aromatic amines is 1. The van der Waals surface area contributed by atoms with Gasteiger partial charge in [-0.1, -0.05) is 42.3 Å². The average Bonchev–Trinajstić information content (AvgIpc) is 3.07. The van der Waals surface area contributed by atoms with Crippen molar-refractivity contribution in [3.05, 3.63) is 68.2 Å². The fourth-order valence-electron chi connectivity index (χ4n) is 2.60. The molecule has 1 N–H and O–H groups in total. The molecule has 2 aromatic carbocycles. The van der Waals surface area contributed by atoms with Gasteiger partial charge in [0.05, 0.1) is 17.8 Å². The zero-order valence-electron chi connectivity index (χ0n) is 16.0. The fourth-order valence-corrected chi connectivity index (χ4v) is 3.20. The number of aryl methyl sites for hydroxylation is 1. The zero-order chi connectivity index (χ0) is 20.8. The molecule has 1 heterocycles. The Morgan fingerprint density at radius 1 is 1.17 bits per heavy atom. The van der Waals surface area contributed by atoms with Gasteiger partial charge in [-0.15, -0.1) is 0 Å². The minimum absolute atomic E-state index is 0.342. The molecule has 3 rings (SSSR count). The predicted molar refractivity (Wildman–Crippen MR) is 118 cm³/mol. The van der Waals surface area contributed by atoms with Crippen LogP contribution in [0.5, 0.6) is 11.5 Å². The maximum Gasteiger partial charge on any atom is 0.216 e. The van der Waals surface area contributed by atoms with Gasteiger partial charge in [0, 0.05) is 11.4 Å². The van der Waals surface area contributed by atoms with Crippen molar-refractivity contribution >= 4 is 41.6 Å². The average molecular weight is 451 g/mol. The highest BCUT2D eigenvalue weighted by atomic mass is 35.5. The number of benzene rings is 2. The lowest BCUT2D eigenvalue weighted by molar-refractivity contribution is 0.269. The largest absolute Gasteiger partial charge is 0.490 e. The smallest absolute Gasteiger partial charge is 0.216 e. The molecule has 152 valence electrons. The normalized spacial score (nSPS) is 11.2. The molecule has 3 aromatic rings. The van der Waals surface area contributed by atoms with E-state index in [0.29, 0.717) is 45.9 Å². The Hall–Kier alpha value is -2.35. The lowest BCUT2D eigenvalue weighted by atomic mass is 10.2. The summed E-state index contributed by atoms with van der Waals surface area (Å²) in [5, 5.41) is 12.4. The van der Waals surface area contributed by atoms with E-state index in [9.17, 15) is 0 Å². The van der Waals surface area contributed by atoms with Gasteiger partial charge in [0.15, 0.2) is 17.3 Å². The number of ether oxygens (including phenoxy) is 2. The number of nitrogens with one attached hydrogen (secondary N) is 1. The molecule has 0 saturated heterocycles. The summed E-state index contributed by atoms with van der Waals surface area (Å²) in [6, 6.07) is 11.0. The second kappa shape index (κ2) is 9.91. The van der Waals surface area contributed by atoms with Crippen LogP contribution in [0.4, 0.5) is 0 Å². The van der Waals surface area contributed by atoms with Gasteiger partial charge in [-0.25, -0.2) is 0 Å². The quantitative estimate of drug-likeness (QED) is 0.354. The van der Waals surface area contributed by atoms with Crippen LogP contribution in [0, 0.1) is 4.77 Å². The Morgan fingerprint density at radius 3 is 2.62 bits per heavy atom. The summed E-state index contributed by atoms with van der Waals surface area (Å²) >= 11 is 17.6. The molecular formula is C20H20Cl2N4O2S. The Balaban J connectivity index is 1.85. The van der Waals surface area contributed by atoms with Crippen LogP contribution in [-0.2, 0) is 13.0 Å². The van der Waals surface area contributed by atoms with E-state index in [4.69, 9.17) is 44.9 Å². The number of aromatic nitrogens is 3. The van der Waals surface area contributed by atoms with E-state index >= 15 is 0 Å². The first kappa shape index (κ1) is 21.4. The van der Waals surface area contributed by atoms with Gasteiger partial charge >= 0.3 is 0 Å². The van der Waals surface area contributed by atoms with E-state index in [2.05, 4.69) is 15.3 Å². The monoisotopic (exact) mass is 450 g/mol. The van der Waals surface area contributed by atoms with Gasteiger partial charge in [0.1, 0.15) is 6.61 Å². The molecule has 0 spiro atoms. The van der Waals surface area contributed by atoms with Crippen LogP contribution >= 0.6 is 35.4 Å².